The average Bonchev–Trinajstić information content (AvgIpc) is 2.92. The van der Waals surface area contributed by atoms with Crippen LogP contribution in [-0.2, 0) is 0 Å². The van der Waals surface area contributed by atoms with Crippen molar-refractivity contribution in [2.75, 3.05) is 0 Å². The van der Waals surface area contributed by atoms with Gasteiger partial charge in [-0.15, -0.1) is 11.3 Å². The molecule has 2 nitrogen and oxygen atoms in total. The zero-order chi connectivity index (χ0) is 12.5. The maximum absolute atomic E-state index is 5.91. The van der Waals surface area contributed by atoms with Crippen molar-refractivity contribution in [1.82, 2.24) is 4.98 Å². The summed E-state index contributed by atoms with van der Waals surface area (Å²) in [4.78, 5) is 6.84. The standard InChI is InChI=1S/C14H10ClNOS/c1-9-2-4-11(18-9)5-7-14-16-12-8-10(15)3-6-13(12)17-14/h2-8H,1H3/b7-5+. The molecule has 90 valence electrons. The van der Waals surface area contributed by atoms with Crippen LogP contribution in [0.5, 0.6) is 0 Å². The molecule has 0 saturated carbocycles. The van der Waals surface area contributed by atoms with Gasteiger partial charge in [-0.3, -0.25) is 0 Å². The topological polar surface area (TPSA) is 26.0 Å². The van der Waals surface area contributed by atoms with Gasteiger partial charge in [-0.25, -0.2) is 4.98 Å². The monoisotopic (exact) mass is 275 g/mol. The van der Waals surface area contributed by atoms with Crippen LogP contribution in [0.4, 0.5) is 0 Å². The number of halogens is 1. The van der Waals surface area contributed by atoms with Crippen molar-refractivity contribution < 1.29 is 4.42 Å². The molecule has 0 aliphatic rings. The Kier molecular flexibility index (Phi) is 2.94. The summed E-state index contributed by atoms with van der Waals surface area (Å²) >= 11 is 7.64. The second kappa shape index (κ2) is 4.59. The number of hydrogen-bond acceptors (Lipinski definition) is 3. The van der Waals surface area contributed by atoms with E-state index in [0.717, 1.165) is 11.1 Å². The molecule has 0 saturated heterocycles. The lowest BCUT2D eigenvalue weighted by molar-refractivity contribution is 0.590. The first-order chi connectivity index (χ1) is 8.70. The molecule has 0 amide bonds. The average molecular weight is 276 g/mol. The van der Waals surface area contributed by atoms with Crippen LogP contribution in [0.2, 0.25) is 5.02 Å². The normalized spacial score (nSPS) is 11.7. The Morgan fingerprint density at radius 3 is 2.89 bits per heavy atom. The number of fused-ring (bicyclic) bond motifs is 1. The van der Waals surface area contributed by atoms with Gasteiger partial charge in [-0.2, -0.15) is 0 Å². The van der Waals surface area contributed by atoms with E-state index in [-0.39, 0.29) is 0 Å². The predicted octanol–water partition coefficient (Wildman–Crippen LogP) is 5.02. The van der Waals surface area contributed by atoms with Gasteiger partial charge >= 0.3 is 0 Å². The summed E-state index contributed by atoms with van der Waals surface area (Å²) in [6, 6.07) is 9.60. The fraction of sp³-hybridized carbons (Fsp3) is 0.0714. The molecule has 18 heavy (non-hydrogen) atoms. The summed E-state index contributed by atoms with van der Waals surface area (Å²) in [5.41, 5.74) is 1.53. The molecule has 0 radical (unpaired) electrons. The summed E-state index contributed by atoms with van der Waals surface area (Å²) in [6.45, 7) is 2.09. The van der Waals surface area contributed by atoms with Crippen LogP contribution in [0.3, 0.4) is 0 Å². The largest absolute Gasteiger partial charge is 0.437 e. The van der Waals surface area contributed by atoms with Crippen LogP contribution in [0, 0.1) is 6.92 Å². The van der Waals surface area contributed by atoms with E-state index in [1.165, 1.54) is 9.75 Å². The first-order valence-electron chi connectivity index (χ1n) is 5.51. The Bertz CT molecular complexity index is 726. The number of oxazole rings is 1. The van der Waals surface area contributed by atoms with Gasteiger partial charge in [0.1, 0.15) is 5.52 Å². The van der Waals surface area contributed by atoms with E-state index >= 15 is 0 Å². The van der Waals surface area contributed by atoms with Gasteiger partial charge in [0.2, 0.25) is 5.89 Å². The lowest BCUT2D eigenvalue weighted by Gasteiger charge is -1.85. The van der Waals surface area contributed by atoms with Gasteiger partial charge in [0, 0.05) is 20.9 Å². The molecular formula is C14H10ClNOS. The van der Waals surface area contributed by atoms with E-state index < -0.39 is 0 Å². The van der Waals surface area contributed by atoms with Crippen molar-refractivity contribution in [3.8, 4) is 0 Å². The van der Waals surface area contributed by atoms with Crippen molar-refractivity contribution in [1.29, 1.82) is 0 Å². The van der Waals surface area contributed by atoms with Crippen molar-refractivity contribution in [2.24, 2.45) is 0 Å². The maximum atomic E-state index is 5.91. The minimum absolute atomic E-state index is 0.596. The van der Waals surface area contributed by atoms with Gasteiger partial charge in [-0.05, 0) is 43.3 Å². The number of aromatic nitrogens is 1. The molecule has 2 aromatic heterocycles. The number of aryl methyl sites for hydroxylation is 1. The van der Waals surface area contributed by atoms with E-state index in [2.05, 4.69) is 24.0 Å². The van der Waals surface area contributed by atoms with Crippen LogP contribution >= 0.6 is 22.9 Å². The second-order valence-electron chi connectivity index (χ2n) is 3.95. The molecule has 2 heterocycles. The summed E-state index contributed by atoms with van der Waals surface area (Å²) in [5.74, 6) is 0.596. The molecule has 0 bridgehead atoms. The predicted molar refractivity (Wildman–Crippen MR) is 77.0 cm³/mol. The highest BCUT2D eigenvalue weighted by molar-refractivity contribution is 7.12. The highest BCUT2D eigenvalue weighted by atomic mass is 35.5. The van der Waals surface area contributed by atoms with Crippen LogP contribution in [0.1, 0.15) is 15.6 Å². The fourth-order valence-electron chi connectivity index (χ4n) is 1.69. The lowest BCUT2D eigenvalue weighted by atomic mass is 10.3. The Hall–Kier alpha value is -1.58. The van der Waals surface area contributed by atoms with Crippen LogP contribution in [-0.4, -0.2) is 4.98 Å². The van der Waals surface area contributed by atoms with E-state index in [0.29, 0.717) is 10.9 Å². The summed E-state index contributed by atoms with van der Waals surface area (Å²) in [5, 5.41) is 0.667. The first-order valence-corrected chi connectivity index (χ1v) is 6.71. The molecule has 0 aliphatic carbocycles. The smallest absolute Gasteiger partial charge is 0.220 e. The Morgan fingerprint density at radius 2 is 2.11 bits per heavy atom. The first kappa shape index (κ1) is 11.5. The third-order valence-corrected chi connectivity index (χ3v) is 3.72. The van der Waals surface area contributed by atoms with Crippen LogP contribution < -0.4 is 0 Å². The third-order valence-electron chi connectivity index (χ3n) is 2.52. The molecule has 3 aromatic rings. The molecule has 0 unspecified atom stereocenters. The zero-order valence-electron chi connectivity index (χ0n) is 9.68. The molecule has 0 N–H and O–H groups in total. The number of thiophene rings is 1. The van der Waals surface area contributed by atoms with E-state index in [1.807, 2.05) is 18.2 Å². The Balaban J connectivity index is 1.93. The Labute approximate surface area is 114 Å². The molecule has 1 aromatic carbocycles. The minimum Gasteiger partial charge on any atom is -0.437 e. The van der Waals surface area contributed by atoms with Gasteiger partial charge in [0.25, 0.3) is 0 Å². The molecular weight excluding hydrogens is 266 g/mol. The number of benzene rings is 1. The zero-order valence-corrected chi connectivity index (χ0v) is 11.3. The molecule has 4 heteroatoms. The highest BCUT2D eigenvalue weighted by Gasteiger charge is 2.03. The van der Waals surface area contributed by atoms with Crippen LogP contribution in [0.25, 0.3) is 23.3 Å². The molecule has 3 rings (SSSR count). The maximum Gasteiger partial charge on any atom is 0.220 e. The van der Waals surface area contributed by atoms with E-state index in [1.54, 1.807) is 23.5 Å². The van der Waals surface area contributed by atoms with Gasteiger partial charge in [0.15, 0.2) is 5.58 Å². The number of nitrogens with zero attached hydrogens (tertiary/aromatic N) is 1. The third kappa shape index (κ3) is 2.33. The van der Waals surface area contributed by atoms with Crippen molar-refractivity contribution >= 4 is 46.2 Å². The molecule has 0 atom stereocenters. The quantitative estimate of drug-likeness (QED) is 0.656. The summed E-state index contributed by atoms with van der Waals surface area (Å²) in [7, 11) is 0. The van der Waals surface area contributed by atoms with Crippen molar-refractivity contribution in [3.05, 3.63) is 51.0 Å². The fourth-order valence-corrected chi connectivity index (χ4v) is 2.63. The van der Waals surface area contributed by atoms with Gasteiger partial charge in [-0.1, -0.05) is 11.6 Å². The molecule has 0 fully saturated rings. The number of hydrogen-bond donors (Lipinski definition) is 0. The second-order valence-corrected chi connectivity index (χ2v) is 5.70. The lowest BCUT2D eigenvalue weighted by Crippen LogP contribution is -1.69. The number of rotatable bonds is 2. The van der Waals surface area contributed by atoms with E-state index in [4.69, 9.17) is 16.0 Å². The SMILES string of the molecule is Cc1ccc(/C=C/c2nc3cc(Cl)ccc3o2)s1. The van der Waals surface area contributed by atoms with E-state index in [9.17, 15) is 0 Å². The van der Waals surface area contributed by atoms with Gasteiger partial charge in [0.05, 0.1) is 0 Å². The molecule has 0 aliphatic heterocycles. The summed E-state index contributed by atoms with van der Waals surface area (Å²) < 4.78 is 5.60. The van der Waals surface area contributed by atoms with Crippen molar-refractivity contribution in [3.63, 3.8) is 0 Å². The minimum atomic E-state index is 0.596. The van der Waals surface area contributed by atoms with Crippen LogP contribution in [0.15, 0.2) is 34.7 Å². The van der Waals surface area contributed by atoms with Crippen molar-refractivity contribution in [2.45, 2.75) is 6.92 Å². The van der Waals surface area contributed by atoms with Gasteiger partial charge < -0.3 is 4.42 Å². The summed E-state index contributed by atoms with van der Waals surface area (Å²) in [6.07, 6.45) is 3.88. The molecule has 0 spiro atoms. The Morgan fingerprint density at radius 1 is 1.22 bits per heavy atom. The highest BCUT2D eigenvalue weighted by Crippen LogP contribution is 2.22.